The van der Waals surface area contributed by atoms with Gasteiger partial charge in [-0.1, -0.05) is 26.3 Å². The average molecular weight is 640 g/mol. The number of ether oxygens (including phenoxy) is 1. The molecule has 2 aliphatic rings. The summed E-state index contributed by atoms with van der Waals surface area (Å²) in [4.78, 5) is 75.4. The molecule has 1 aromatic rings. The van der Waals surface area contributed by atoms with Crippen LogP contribution in [0, 0.1) is 5.92 Å². The molecule has 38 heavy (non-hydrogen) atoms. The molecule has 0 saturated carbocycles. The fraction of sp³-hybridized carbons (Fsp3) is 0.538. The number of nitrogens with one attached hydrogen (secondary N) is 2. The third-order valence-electron chi connectivity index (χ3n) is 6.35. The van der Waals surface area contributed by atoms with Crippen LogP contribution in [0.25, 0.3) is 0 Å². The zero-order chi connectivity index (χ0) is 27.8. The van der Waals surface area contributed by atoms with Crippen LogP contribution < -0.4 is 15.4 Å². The second kappa shape index (κ2) is 13.7. The van der Waals surface area contributed by atoms with Gasteiger partial charge < -0.3 is 15.4 Å². The number of nitrogens with zero attached hydrogens (tertiary/aromatic N) is 2. The Morgan fingerprint density at radius 2 is 1.76 bits per heavy atom. The molecule has 0 aliphatic carbocycles. The van der Waals surface area contributed by atoms with Gasteiger partial charge >= 0.3 is 0 Å². The number of benzene rings is 1. The first kappa shape index (κ1) is 29.5. The minimum Gasteiger partial charge on any atom is -0.483 e. The Hall–Kier alpha value is -3.03. The van der Waals surface area contributed by atoms with Crippen molar-refractivity contribution in [3.63, 3.8) is 0 Å². The molecule has 0 radical (unpaired) electrons. The van der Waals surface area contributed by atoms with Crippen molar-refractivity contribution in [1.29, 1.82) is 0 Å². The van der Waals surface area contributed by atoms with Crippen molar-refractivity contribution in [2.75, 3.05) is 19.7 Å². The lowest BCUT2D eigenvalue weighted by Gasteiger charge is -2.31. The lowest BCUT2D eigenvalue weighted by molar-refractivity contribution is -0.143. The predicted octanol–water partition coefficient (Wildman–Crippen LogP) is 2.37. The maximum Gasteiger partial charge on any atom is 0.266 e. The first-order valence-corrected chi connectivity index (χ1v) is 13.8. The minimum absolute atomic E-state index is 0.00155. The van der Waals surface area contributed by atoms with Crippen molar-refractivity contribution in [1.82, 2.24) is 18.6 Å². The molecule has 2 N–H and O–H groups in total. The van der Waals surface area contributed by atoms with Gasteiger partial charge in [-0.3, -0.25) is 33.7 Å². The number of imide groups is 2. The largest absolute Gasteiger partial charge is 0.483 e. The molecule has 2 heterocycles. The number of rotatable bonds is 13. The molecule has 0 aromatic heterocycles. The normalized spacial score (nSPS) is 17.2. The van der Waals surface area contributed by atoms with Gasteiger partial charge in [-0.05, 0) is 43.7 Å². The molecule has 1 atom stereocenters. The Morgan fingerprint density at radius 3 is 2.50 bits per heavy atom. The summed E-state index contributed by atoms with van der Waals surface area (Å²) in [6.45, 7) is 4.97. The summed E-state index contributed by atoms with van der Waals surface area (Å²) in [6, 6.07) is 3.42. The van der Waals surface area contributed by atoms with Crippen LogP contribution in [0.5, 0.6) is 5.75 Å². The molecule has 206 valence electrons. The van der Waals surface area contributed by atoms with Gasteiger partial charge in [0.2, 0.25) is 11.8 Å². The number of fused-ring (bicyclic) bond motifs is 1. The second-order valence-corrected chi connectivity index (χ2v) is 10.7. The number of halogens is 1. The van der Waals surface area contributed by atoms with Crippen molar-refractivity contribution in [2.24, 2.45) is 5.92 Å². The molecule has 2 aliphatic heterocycles. The van der Waals surface area contributed by atoms with Crippen LogP contribution in [0.1, 0.15) is 79.5 Å². The van der Waals surface area contributed by atoms with E-state index in [-0.39, 0.29) is 54.0 Å². The average Bonchev–Trinajstić information content (AvgIpc) is 3.13. The van der Waals surface area contributed by atoms with Gasteiger partial charge in [0.1, 0.15) is 11.8 Å². The van der Waals surface area contributed by atoms with Crippen molar-refractivity contribution >= 4 is 58.3 Å². The molecule has 1 saturated heterocycles. The summed E-state index contributed by atoms with van der Waals surface area (Å²) >= 11 is 1.58. The number of unbranched alkanes of at least 4 members (excludes halogenated alkanes) is 2. The Balaban J connectivity index is 1.44. The molecular weight excluding hydrogens is 607 g/mol. The second-order valence-electron chi connectivity index (χ2n) is 9.71. The number of piperidine rings is 1. The minimum atomic E-state index is -1.07. The highest BCUT2D eigenvalue weighted by Crippen LogP contribution is 2.34. The maximum atomic E-state index is 13.2. The van der Waals surface area contributed by atoms with Crippen molar-refractivity contribution in [2.45, 2.75) is 64.8 Å². The van der Waals surface area contributed by atoms with Crippen LogP contribution in [-0.4, -0.2) is 69.2 Å². The van der Waals surface area contributed by atoms with E-state index in [9.17, 15) is 28.8 Å². The van der Waals surface area contributed by atoms with E-state index >= 15 is 0 Å². The predicted molar refractivity (Wildman–Crippen MR) is 145 cm³/mol. The quantitative estimate of drug-likeness (QED) is 0.146. The van der Waals surface area contributed by atoms with Gasteiger partial charge in [-0.2, -0.15) is 0 Å². The van der Waals surface area contributed by atoms with Crippen LogP contribution in [0.4, 0.5) is 0 Å². The Morgan fingerprint density at radius 1 is 1.03 bits per heavy atom. The smallest absolute Gasteiger partial charge is 0.266 e. The zero-order valence-corrected chi connectivity index (χ0v) is 23.7. The summed E-state index contributed by atoms with van der Waals surface area (Å²) in [5, 5.41) is 5.64. The maximum absolute atomic E-state index is 13.2. The van der Waals surface area contributed by atoms with Gasteiger partial charge in [0, 0.05) is 25.9 Å². The summed E-state index contributed by atoms with van der Waals surface area (Å²) in [6.07, 6.45) is 3.74. The topological polar surface area (TPSA) is 142 Å². The Labute approximate surface area is 235 Å². The first-order valence-electron chi connectivity index (χ1n) is 12.8. The molecule has 11 nitrogen and oxygen atoms in total. The van der Waals surface area contributed by atoms with Crippen LogP contribution >= 0.6 is 22.9 Å². The molecule has 1 unspecified atom stereocenters. The highest BCUT2D eigenvalue weighted by Gasteiger charge is 2.47. The molecule has 6 amide bonds. The SMILES string of the molecule is CC(C)CCNC(=O)CCCCCNC(=O)COc1cccc2c1C(=O)N(C1CCC(=O)N(I)C1=O)C2=O. The van der Waals surface area contributed by atoms with Crippen LogP contribution in [0.15, 0.2) is 18.2 Å². The van der Waals surface area contributed by atoms with Gasteiger partial charge in [0.25, 0.3) is 23.6 Å². The van der Waals surface area contributed by atoms with Crippen LogP contribution in [-0.2, 0) is 19.2 Å². The van der Waals surface area contributed by atoms with Gasteiger partial charge in [0.05, 0.1) is 34.0 Å². The fourth-order valence-corrected chi connectivity index (χ4v) is 4.81. The summed E-state index contributed by atoms with van der Waals surface area (Å²) in [5.41, 5.74) is 0.0903. The highest BCUT2D eigenvalue weighted by atomic mass is 127. The Kier molecular flexibility index (Phi) is 10.6. The zero-order valence-electron chi connectivity index (χ0n) is 21.6. The molecular formula is C26H33IN4O7. The van der Waals surface area contributed by atoms with E-state index in [2.05, 4.69) is 24.5 Å². The Bertz CT molecular complexity index is 1110. The molecule has 1 fully saturated rings. The number of hydrogen-bond donors (Lipinski definition) is 2. The first-order chi connectivity index (χ1) is 18.1. The van der Waals surface area contributed by atoms with Crippen molar-refractivity contribution in [3.05, 3.63) is 29.3 Å². The highest BCUT2D eigenvalue weighted by molar-refractivity contribution is 14.1. The fourth-order valence-electron chi connectivity index (χ4n) is 4.25. The lowest BCUT2D eigenvalue weighted by atomic mass is 10.0. The molecule has 1 aromatic carbocycles. The van der Waals surface area contributed by atoms with E-state index in [1.165, 1.54) is 18.2 Å². The monoisotopic (exact) mass is 640 g/mol. The third kappa shape index (κ3) is 7.29. The van der Waals surface area contributed by atoms with Gasteiger partial charge in [-0.15, -0.1) is 0 Å². The van der Waals surface area contributed by atoms with E-state index in [0.29, 0.717) is 31.8 Å². The molecule has 0 bridgehead atoms. The lowest BCUT2D eigenvalue weighted by Crippen LogP contribution is -2.53. The number of hydrogen-bond acceptors (Lipinski definition) is 7. The van der Waals surface area contributed by atoms with E-state index in [4.69, 9.17) is 4.74 Å². The van der Waals surface area contributed by atoms with E-state index in [1.807, 2.05) is 0 Å². The van der Waals surface area contributed by atoms with E-state index < -0.39 is 23.8 Å². The number of carbonyl (C=O) groups excluding carboxylic acids is 6. The van der Waals surface area contributed by atoms with Crippen molar-refractivity contribution in [3.8, 4) is 5.75 Å². The third-order valence-corrected chi connectivity index (χ3v) is 7.37. The van der Waals surface area contributed by atoms with Gasteiger partial charge in [-0.25, -0.2) is 3.11 Å². The molecule has 3 rings (SSSR count). The van der Waals surface area contributed by atoms with Crippen LogP contribution in [0.3, 0.4) is 0 Å². The summed E-state index contributed by atoms with van der Waals surface area (Å²) in [7, 11) is 0. The molecule has 12 heteroatoms. The molecule has 0 spiro atoms. The van der Waals surface area contributed by atoms with Gasteiger partial charge in [0.15, 0.2) is 6.61 Å². The standard InChI is InChI=1S/C26H33IN4O7/c1-16(2)12-14-29-20(32)9-4-3-5-13-28-21(33)15-38-19-8-6-7-17-23(19)26(37)30(24(17)35)18-10-11-22(34)31(27)25(18)36/h6-8,16,18H,3-5,9-15H2,1-2H3,(H,28,33)(H,29,32). The van der Waals surface area contributed by atoms with Crippen LogP contribution in [0.2, 0.25) is 0 Å². The van der Waals surface area contributed by atoms with E-state index in [1.54, 1.807) is 22.9 Å². The number of amides is 6. The number of carbonyl (C=O) groups is 6. The summed E-state index contributed by atoms with van der Waals surface area (Å²) < 4.78 is 6.48. The van der Waals surface area contributed by atoms with Crippen molar-refractivity contribution < 1.29 is 33.5 Å². The summed E-state index contributed by atoms with van der Waals surface area (Å²) in [5.74, 6) is -2.04. The van der Waals surface area contributed by atoms with E-state index in [0.717, 1.165) is 27.3 Å².